The molecule has 0 aliphatic heterocycles. The van der Waals surface area contributed by atoms with Gasteiger partial charge in [0, 0.05) is 5.39 Å². The Bertz CT molecular complexity index is 741. The van der Waals surface area contributed by atoms with Crippen LogP contribution in [0.4, 0.5) is 0 Å². The molecular formula is C18H16O. The summed E-state index contributed by atoms with van der Waals surface area (Å²) in [6, 6.07) is 19.2. The van der Waals surface area contributed by atoms with E-state index in [0.717, 1.165) is 18.3 Å². The molecule has 0 saturated heterocycles. The topological polar surface area (TPSA) is 9.23 Å². The van der Waals surface area contributed by atoms with Gasteiger partial charge < -0.3 is 4.74 Å². The third-order valence-electron chi connectivity index (χ3n) is 3.92. The van der Waals surface area contributed by atoms with Crippen LogP contribution in [0.2, 0.25) is 0 Å². The quantitative estimate of drug-likeness (QED) is 0.606. The summed E-state index contributed by atoms with van der Waals surface area (Å²) in [6.45, 7) is 0.867. The molecule has 1 nitrogen and oxygen atoms in total. The molecule has 4 rings (SSSR count). The van der Waals surface area contributed by atoms with Gasteiger partial charge in [0.1, 0.15) is 5.75 Å². The van der Waals surface area contributed by atoms with Crippen molar-refractivity contribution in [3.63, 3.8) is 0 Å². The second kappa shape index (κ2) is 4.27. The molecular weight excluding hydrogens is 232 g/mol. The van der Waals surface area contributed by atoms with E-state index in [1.165, 1.54) is 34.4 Å². The van der Waals surface area contributed by atoms with Crippen molar-refractivity contribution in [3.05, 3.63) is 54.6 Å². The summed E-state index contributed by atoms with van der Waals surface area (Å²) in [5, 5.41) is 5.10. The highest BCUT2D eigenvalue weighted by Crippen LogP contribution is 2.34. The van der Waals surface area contributed by atoms with Crippen LogP contribution in [0.25, 0.3) is 21.5 Å². The second-order valence-electron chi connectivity index (χ2n) is 5.39. The highest BCUT2D eigenvalue weighted by molar-refractivity contribution is 6.09. The minimum Gasteiger partial charge on any atom is -0.493 e. The fourth-order valence-electron chi connectivity index (χ4n) is 2.63. The maximum Gasteiger partial charge on any atom is 0.127 e. The van der Waals surface area contributed by atoms with Crippen LogP contribution >= 0.6 is 0 Å². The average molecular weight is 248 g/mol. The van der Waals surface area contributed by atoms with Crippen molar-refractivity contribution in [2.75, 3.05) is 6.61 Å². The summed E-state index contributed by atoms with van der Waals surface area (Å²) in [5.74, 6) is 1.81. The zero-order chi connectivity index (χ0) is 12.7. The second-order valence-corrected chi connectivity index (χ2v) is 5.39. The van der Waals surface area contributed by atoms with Gasteiger partial charge in [-0.2, -0.15) is 0 Å². The van der Waals surface area contributed by atoms with Gasteiger partial charge in [0.15, 0.2) is 0 Å². The molecule has 0 aromatic heterocycles. The van der Waals surface area contributed by atoms with E-state index >= 15 is 0 Å². The summed E-state index contributed by atoms with van der Waals surface area (Å²) in [4.78, 5) is 0. The minimum absolute atomic E-state index is 0.788. The monoisotopic (exact) mass is 248 g/mol. The van der Waals surface area contributed by atoms with E-state index in [0.29, 0.717) is 0 Å². The van der Waals surface area contributed by atoms with Crippen LogP contribution in [-0.4, -0.2) is 6.61 Å². The Balaban J connectivity index is 1.87. The van der Waals surface area contributed by atoms with Gasteiger partial charge in [-0.05, 0) is 41.0 Å². The first-order chi connectivity index (χ1) is 9.42. The Kier molecular flexibility index (Phi) is 2.44. The highest BCUT2D eigenvalue weighted by Gasteiger charge is 2.22. The van der Waals surface area contributed by atoms with E-state index in [9.17, 15) is 0 Å². The van der Waals surface area contributed by atoms with E-state index in [-0.39, 0.29) is 0 Å². The predicted octanol–water partition coefficient (Wildman–Crippen LogP) is 4.78. The molecule has 1 heteroatoms. The standard InChI is InChI=1S/C18H16O/c1-2-5-15-14(4-1)10-11-17-16(15)6-3-7-18(17)19-12-13-8-9-13/h1-7,10-11,13H,8-9,12H2. The van der Waals surface area contributed by atoms with E-state index in [1.807, 2.05) is 0 Å². The normalized spacial score (nSPS) is 14.9. The van der Waals surface area contributed by atoms with Crippen molar-refractivity contribution >= 4 is 21.5 Å². The van der Waals surface area contributed by atoms with Crippen molar-refractivity contribution in [1.82, 2.24) is 0 Å². The lowest BCUT2D eigenvalue weighted by Gasteiger charge is -2.10. The molecule has 94 valence electrons. The lowest BCUT2D eigenvalue weighted by atomic mass is 10.0. The first-order valence-electron chi connectivity index (χ1n) is 6.95. The SMILES string of the molecule is c1ccc2c(c1)ccc1c(OCC3CC3)cccc12. The molecule has 0 spiro atoms. The summed E-state index contributed by atoms with van der Waals surface area (Å²) in [7, 11) is 0. The summed E-state index contributed by atoms with van der Waals surface area (Å²) < 4.78 is 5.99. The molecule has 1 fully saturated rings. The smallest absolute Gasteiger partial charge is 0.127 e. The van der Waals surface area contributed by atoms with E-state index in [1.54, 1.807) is 0 Å². The summed E-state index contributed by atoms with van der Waals surface area (Å²) >= 11 is 0. The molecule has 0 bridgehead atoms. The average Bonchev–Trinajstić information content (AvgIpc) is 3.29. The number of fused-ring (bicyclic) bond motifs is 3. The molecule has 3 aromatic rings. The van der Waals surface area contributed by atoms with Gasteiger partial charge in [-0.3, -0.25) is 0 Å². The van der Waals surface area contributed by atoms with Crippen molar-refractivity contribution in [2.45, 2.75) is 12.8 Å². The van der Waals surface area contributed by atoms with Gasteiger partial charge in [0.2, 0.25) is 0 Å². The molecule has 1 aliphatic rings. The predicted molar refractivity (Wildman–Crippen MR) is 79.7 cm³/mol. The van der Waals surface area contributed by atoms with E-state index < -0.39 is 0 Å². The maximum absolute atomic E-state index is 5.99. The van der Waals surface area contributed by atoms with Crippen LogP contribution in [-0.2, 0) is 0 Å². The van der Waals surface area contributed by atoms with Gasteiger partial charge in [0.05, 0.1) is 6.61 Å². The van der Waals surface area contributed by atoms with Crippen LogP contribution in [0.3, 0.4) is 0 Å². The van der Waals surface area contributed by atoms with Gasteiger partial charge >= 0.3 is 0 Å². The van der Waals surface area contributed by atoms with Gasteiger partial charge in [-0.1, -0.05) is 48.5 Å². The Hall–Kier alpha value is -2.02. The molecule has 0 radical (unpaired) electrons. The zero-order valence-corrected chi connectivity index (χ0v) is 10.8. The number of hydrogen-bond donors (Lipinski definition) is 0. The largest absolute Gasteiger partial charge is 0.493 e. The number of rotatable bonds is 3. The molecule has 1 aliphatic carbocycles. The number of hydrogen-bond acceptors (Lipinski definition) is 1. The molecule has 0 amide bonds. The molecule has 1 saturated carbocycles. The van der Waals surface area contributed by atoms with Crippen LogP contribution in [0.15, 0.2) is 54.6 Å². The molecule has 0 unspecified atom stereocenters. The van der Waals surface area contributed by atoms with Crippen LogP contribution in [0, 0.1) is 5.92 Å². The lowest BCUT2D eigenvalue weighted by molar-refractivity contribution is 0.303. The molecule has 19 heavy (non-hydrogen) atoms. The minimum atomic E-state index is 0.788. The fraction of sp³-hybridized carbons (Fsp3) is 0.222. The zero-order valence-electron chi connectivity index (χ0n) is 10.8. The van der Waals surface area contributed by atoms with Gasteiger partial charge in [-0.15, -0.1) is 0 Å². The number of ether oxygens (including phenoxy) is 1. The molecule has 3 aromatic carbocycles. The van der Waals surface area contributed by atoms with Crippen molar-refractivity contribution < 1.29 is 4.74 Å². The Morgan fingerprint density at radius 2 is 1.63 bits per heavy atom. The first-order valence-corrected chi connectivity index (χ1v) is 6.95. The van der Waals surface area contributed by atoms with Crippen LogP contribution < -0.4 is 4.74 Å². The number of benzene rings is 3. The van der Waals surface area contributed by atoms with E-state index in [2.05, 4.69) is 54.6 Å². The lowest BCUT2D eigenvalue weighted by Crippen LogP contribution is -1.99. The molecule has 0 N–H and O–H groups in total. The Labute approximate surface area is 112 Å². The molecule has 0 atom stereocenters. The van der Waals surface area contributed by atoms with E-state index in [4.69, 9.17) is 4.74 Å². The fourth-order valence-corrected chi connectivity index (χ4v) is 2.63. The van der Waals surface area contributed by atoms with Gasteiger partial charge in [0.25, 0.3) is 0 Å². The summed E-state index contributed by atoms with van der Waals surface area (Å²) in [5.41, 5.74) is 0. The maximum atomic E-state index is 5.99. The highest BCUT2D eigenvalue weighted by atomic mass is 16.5. The van der Waals surface area contributed by atoms with Crippen molar-refractivity contribution in [1.29, 1.82) is 0 Å². The van der Waals surface area contributed by atoms with Crippen LogP contribution in [0.5, 0.6) is 5.75 Å². The first kappa shape index (κ1) is 10.9. The summed E-state index contributed by atoms with van der Waals surface area (Å²) in [6.07, 6.45) is 2.65. The molecule has 0 heterocycles. The third kappa shape index (κ3) is 1.95. The van der Waals surface area contributed by atoms with Crippen molar-refractivity contribution in [2.24, 2.45) is 5.92 Å². The van der Waals surface area contributed by atoms with Crippen molar-refractivity contribution in [3.8, 4) is 5.75 Å². The van der Waals surface area contributed by atoms with Crippen LogP contribution in [0.1, 0.15) is 12.8 Å². The third-order valence-corrected chi connectivity index (χ3v) is 3.92. The van der Waals surface area contributed by atoms with Gasteiger partial charge in [-0.25, -0.2) is 0 Å². The Morgan fingerprint density at radius 1 is 0.789 bits per heavy atom. The Morgan fingerprint density at radius 3 is 2.53 bits per heavy atom.